The smallest absolute Gasteiger partial charge is 0.319 e. The first kappa shape index (κ1) is 14.8. The Morgan fingerprint density at radius 2 is 2.14 bits per heavy atom. The molecular weight excluding hydrogens is 270 g/mol. The molecule has 6 nitrogen and oxygen atoms in total. The molecule has 1 aromatic heterocycles. The van der Waals surface area contributed by atoms with Gasteiger partial charge >= 0.3 is 12.0 Å². The third kappa shape index (κ3) is 4.17. The number of hydrogen-bond acceptors (Lipinski definition) is 3. The highest BCUT2D eigenvalue weighted by atomic mass is 16.4. The lowest BCUT2D eigenvalue weighted by Gasteiger charge is -2.12. The number of aromatic nitrogens is 1. The van der Waals surface area contributed by atoms with Crippen LogP contribution in [0.2, 0.25) is 0 Å². The van der Waals surface area contributed by atoms with Gasteiger partial charge in [-0.15, -0.1) is 0 Å². The topological polar surface area (TPSA) is 91.3 Å². The van der Waals surface area contributed by atoms with Gasteiger partial charge in [-0.05, 0) is 18.1 Å². The van der Waals surface area contributed by atoms with Crippen LogP contribution in [0.25, 0.3) is 10.8 Å². The number of hydrogen-bond donors (Lipinski definition) is 3. The monoisotopic (exact) mass is 287 g/mol. The number of nitrogens with one attached hydrogen (secondary N) is 2. The Labute approximate surface area is 122 Å². The predicted molar refractivity (Wildman–Crippen MR) is 80.2 cm³/mol. The van der Waals surface area contributed by atoms with Gasteiger partial charge in [-0.1, -0.05) is 19.1 Å². The second kappa shape index (κ2) is 6.69. The lowest BCUT2D eigenvalue weighted by atomic mass is 10.1. The van der Waals surface area contributed by atoms with Crippen molar-refractivity contribution in [3.63, 3.8) is 0 Å². The van der Waals surface area contributed by atoms with Crippen LogP contribution in [0.3, 0.4) is 0 Å². The number of anilines is 1. The molecule has 21 heavy (non-hydrogen) atoms. The second-order valence-electron chi connectivity index (χ2n) is 4.94. The van der Waals surface area contributed by atoms with Crippen molar-refractivity contribution in [1.29, 1.82) is 0 Å². The lowest BCUT2D eigenvalue weighted by molar-refractivity contribution is -0.137. The Morgan fingerprint density at radius 3 is 2.90 bits per heavy atom. The molecule has 6 heteroatoms. The molecule has 3 N–H and O–H groups in total. The average molecular weight is 287 g/mol. The summed E-state index contributed by atoms with van der Waals surface area (Å²) >= 11 is 0. The van der Waals surface area contributed by atoms with Crippen LogP contribution in [0.1, 0.15) is 13.3 Å². The zero-order valence-corrected chi connectivity index (χ0v) is 11.7. The highest BCUT2D eigenvalue weighted by molar-refractivity contribution is 6.01. The van der Waals surface area contributed by atoms with Gasteiger partial charge in [0, 0.05) is 36.1 Å². The number of pyridine rings is 1. The van der Waals surface area contributed by atoms with Crippen molar-refractivity contribution in [2.75, 3.05) is 11.9 Å². The molecule has 1 atom stereocenters. The number of carboxylic acid groups (broad SMARTS) is 1. The highest BCUT2D eigenvalue weighted by Crippen LogP contribution is 2.21. The molecule has 2 amide bonds. The number of aliphatic carboxylic acids is 1. The van der Waals surface area contributed by atoms with E-state index in [0.717, 1.165) is 10.8 Å². The molecule has 0 radical (unpaired) electrons. The summed E-state index contributed by atoms with van der Waals surface area (Å²) in [4.78, 5) is 26.5. The van der Waals surface area contributed by atoms with E-state index in [1.54, 1.807) is 19.3 Å². The fourth-order valence-electron chi connectivity index (χ4n) is 2.04. The van der Waals surface area contributed by atoms with Crippen molar-refractivity contribution in [3.8, 4) is 0 Å². The summed E-state index contributed by atoms with van der Waals surface area (Å²) in [6.07, 6.45) is 3.42. The Hall–Kier alpha value is -2.63. The molecule has 0 fully saturated rings. The number of carbonyl (C=O) groups excluding carboxylic acids is 1. The Bertz CT molecular complexity index is 652. The van der Waals surface area contributed by atoms with E-state index in [1.807, 2.05) is 24.3 Å². The first-order chi connectivity index (χ1) is 10.1. The van der Waals surface area contributed by atoms with Gasteiger partial charge in [-0.2, -0.15) is 0 Å². The van der Waals surface area contributed by atoms with Crippen LogP contribution in [-0.2, 0) is 4.79 Å². The number of fused-ring (bicyclic) bond motifs is 1. The van der Waals surface area contributed by atoms with Crippen LogP contribution >= 0.6 is 0 Å². The molecule has 2 aromatic rings. The van der Waals surface area contributed by atoms with E-state index < -0.39 is 5.97 Å². The van der Waals surface area contributed by atoms with Crippen LogP contribution in [0, 0.1) is 5.92 Å². The van der Waals surface area contributed by atoms with Gasteiger partial charge in [-0.25, -0.2) is 4.79 Å². The van der Waals surface area contributed by atoms with E-state index >= 15 is 0 Å². The van der Waals surface area contributed by atoms with E-state index in [2.05, 4.69) is 15.6 Å². The van der Waals surface area contributed by atoms with Gasteiger partial charge in [0.15, 0.2) is 0 Å². The number of benzene rings is 1. The molecule has 1 heterocycles. The number of carbonyl (C=O) groups is 2. The van der Waals surface area contributed by atoms with Crippen molar-refractivity contribution in [2.45, 2.75) is 13.3 Å². The van der Waals surface area contributed by atoms with E-state index in [0.29, 0.717) is 12.2 Å². The van der Waals surface area contributed by atoms with E-state index in [4.69, 9.17) is 5.11 Å². The minimum Gasteiger partial charge on any atom is -0.481 e. The second-order valence-corrected chi connectivity index (χ2v) is 4.94. The zero-order chi connectivity index (χ0) is 15.2. The largest absolute Gasteiger partial charge is 0.481 e. The fraction of sp³-hybridized carbons (Fsp3) is 0.267. The van der Waals surface area contributed by atoms with Crippen LogP contribution < -0.4 is 10.6 Å². The van der Waals surface area contributed by atoms with Crippen LogP contribution in [0.5, 0.6) is 0 Å². The number of carboxylic acids is 1. The van der Waals surface area contributed by atoms with Crippen molar-refractivity contribution in [2.24, 2.45) is 5.92 Å². The molecule has 0 spiro atoms. The predicted octanol–water partition coefficient (Wildman–Crippen LogP) is 2.47. The van der Waals surface area contributed by atoms with Gasteiger partial charge in [0.2, 0.25) is 0 Å². The molecule has 110 valence electrons. The Kier molecular flexibility index (Phi) is 4.71. The Balaban J connectivity index is 1.97. The summed E-state index contributed by atoms with van der Waals surface area (Å²) in [5.41, 5.74) is 0.693. The van der Waals surface area contributed by atoms with Crippen molar-refractivity contribution in [1.82, 2.24) is 10.3 Å². The minimum absolute atomic E-state index is 0.0280. The average Bonchev–Trinajstić information content (AvgIpc) is 2.45. The van der Waals surface area contributed by atoms with Gasteiger partial charge in [0.25, 0.3) is 0 Å². The standard InChI is InChI=1S/C15H17N3O3/c1-10(7-14(19)20)8-17-15(21)18-13-4-2-3-11-9-16-6-5-12(11)13/h2-6,9-10H,7-8H2,1H3,(H,19,20)(H2,17,18,21). The third-order valence-electron chi connectivity index (χ3n) is 3.06. The lowest BCUT2D eigenvalue weighted by Crippen LogP contribution is -2.33. The van der Waals surface area contributed by atoms with Gasteiger partial charge < -0.3 is 15.7 Å². The molecular formula is C15H17N3O3. The summed E-state index contributed by atoms with van der Waals surface area (Å²) in [5, 5.41) is 16.0. The Morgan fingerprint density at radius 1 is 1.33 bits per heavy atom. The summed E-state index contributed by atoms with van der Waals surface area (Å²) in [6.45, 7) is 2.09. The fourth-order valence-corrected chi connectivity index (χ4v) is 2.04. The summed E-state index contributed by atoms with van der Waals surface area (Å²) < 4.78 is 0. The van der Waals surface area contributed by atoms with Crippen LogP contribution in [0.15, 0.2) is 36.7 Å². The first-order valence-electron chi connectivity index (χ1n) is 6.65. The maximum Gasteiger partial charge on any atom is 0.319 e. The summed E-state index contributed by atoms with van der Waals surface area (Å²) in [5.74, 6) is -0.990. The van der Waals surface area contributed by atoms with Gasteiger partial charge in [-0.3, -0.25) is 9.78 Å². The summed E-state index contributed by atoms with van der Waals surface area (Å²) in [6, 6.07) is 7.05. The molecule has 0 saturated heterocycles. The normalized spacial score (nSPS) is 11.9. The molecule has 0 aliphatic rings. The maximum atomic E-state index is 11.9. The molecule has 0 aliphatic carbocycles. The van der Waals surface area contributed by atoms with Gasteiger partial charge in [0.05, 0.1) is 5.69 Å². The minimum atomic E-state index is -0.869. The zero-order valence-electron chi connectivity index (χ0n) is 11.7. The number of rotatable bonds is 5. The molecule has 0 saturated carbocycles. The van der Waals surface area contributed by atoms with Crippen LogP contribution in [0.4, 0.5) is 10.5 Å². The molecule has 0 bridgehead atoms. The molecule has 2 rings (SSSR count). The van der Waals surface area contributed by atoms with E-state index in [-0.39, 0.29) is 18.4 Å². The van der Waals surface area contributed by atoms with E-state index in [9.17, 15) is 9.59 Å². The van der Waals surface area contributed by atoms with Gasteiger partial charge in [0.1, 0.15) is 0 Å². The molecule has 1 aromatic carbocycles. The van der Waals surface area contributed by atoms with Crippen molar-refractivity contribution < 1.29 is 14.7 Å². The highest BCUT2D eigenvalue weighted by Gasteiger charge is 2.10. The first-order valence-corrected chi connectivity index (χ1v) is 6.65. The molecule has 1 unspecified atom stereocenters. The molecule has 0 aliphatic heterocycles. The quantitative estimate of drug-likeness (QED) is 0.787. The third-order valence-corrected chi connectivity index (χ3v) is 3.06. The van der Waals surface area contributed by atoms with Crippen LogP contribution in [-0.4, -0.2) is 28.6 Å². The van der Waals surface area contributed by atoms with Crippen molar-refractivity contribution >= 4 is 28.5 Å². The maximum absolute atomic E-state index is 11.9. The number of urea groups is 1. The number of amides is 2. The van der Waals surface area contributed by atoms with Crippen molar-refractivity contribution in [3.05, 3.63) is 36.7 Å². The summed E-state index contributed by atoms with van der Waals surface area (Å²) in [7, 11) is 0. The number of nitrogens with zero attached hydrogens (tertiary/aromatic N) is 1. The SMILES string of the molecule is CC(CNC(=O)Nc1cccc2cnccc12)CC(=O)O. The van der Waals surface area contributed by atoms with E-state index in [1.165, 1.54) is 0 Å².